The van der Waals surface area contributed by atoms with Crippen molar-refractivity contribution in [2.45, 2.75) is 0 Å². The first-order chi connectivity index (χ1) is 3.31. The molecule has 0 bridgehead atoms. The number of thioether (sulfide) groups is 1. The molecule has 0 aromatic rings. The van der Waals surface area contributed by atoms with Gasteiger partial charge < -0.3 is 0 Å². The summed E-state index contributed by atoms with van der Waals surface area (Å²) in [5.41, 5.74) is 0. The van der Waals surface area contributed by atoms with Gasteiger partial charge in [-0.3, -0.25) is 0 Å². The molecule has 0 N–H and O–H groups in total. The standard InChI is InChI=1S/C4H4Br2S/c1-2-7-4(6)3-5/h2-3H,1H2/b4-3+. The van der Waals surface area contributed by atoms with Crippen LogP contribution in [0.1, 0.15) is 0 Å². The second-order valence-corrected chi connectivity index (χ2v) is 3.54. The largest absolute Gasteiger partial charge is 0.0923 e. The topological polar surface area (TPSA) is 0 Å². The first-order valence-corrected chi connectivity index (χ1v) is 4.13. The van der Waals surface area contributed by atoms with E-state index >= 15 is 0 Å². The molecular weight excluding hydrogens is 240 g/mol. The number of hydrogen-bond acceptors (Lipinski definition) is 1. The van der Waals surface area contributed by atoms with Gasteiger partial charge in [0, 0.05) is 4.99 Å². The van der Waals surface area contributed by atoms with Crippen LogP contribution in [-0.4, -0.2) is 0 Å². The zero-order valence-corrected chi connectivity index (χ0v) is 7.51. The number of rotatable bonds is 2. The van der Waals surface area contributed by atoms with Gasteiger partial charge in [0.1, 0.15) is 0 Å². The Morgan fingerprint density at radius 2 is 2.29 bits per heavy atom. The average molecular weight is 244 g/mol. The summed E-state index contributed by atoms with van der Waals surface area (Å²) in [5, 5.41) is 1.75. The van der Waals surface area contributed by atoms with Gasteiger partial charge in [-0.2, -0.15) is 0 Å². The van der Waals surface area contributed by atoms with Crippen molar-refractivity contribution in [1.82, 2.24) is 0 Å². The molecular formula is C4H4Br2S. The molecule has 0 atom stereocenters. The minimum atomic E-state index is 1.03. The van der Waals surface area contributed by atoms with Crippen LogP contribution in [-0.2, 0) is 0 Å². The first-order valence-electron chi connectivity index (χ1n) is 1.54. The van der Waals surface area contributed by atoms with Crippen LogP contribution < -0.4 is 0 Å². The fourth-order valence-corrected chi connectivity index (χ4v) is 1.04. The van der Waals surface area contributed by atoms with Crippen molar-refractivity contribution in [3.8, 4) is 0 Å². The minimum Gasteiger partial charge on any atom is -0.0923 e. The molecule has 0 rings (SSSR count). The van der Waals surface area contributed by atoms with Crippen LogP contribution in [0.3, 0.4) is 0 Å². The Hall–Kier alpha value is 0.790. The molecule has 0 aliphatic rings. The Balaban J connectivity index is 3.36. The fourth-order valence-electron chi connectivity index (χ4n) is 0.105. The van der Waals surface area contributed by atoms with Crippen molar-refractivity contribution in [1.29, 1.82) is 0 Å². The zero-order valence-electron chi connectivity index (χ0n) is 3.53. The molecule has 0 nitrogen and oxygen atoms in total. The van der Waals surface area contributed by atoms with Crippen molar-refractivity contribution < 1.29 is 0 Å². The lowest BCUT2D eigenvalue weighted by Gasteiger charge is -1.83. The molecule has 7 heavy (non-hydrogen) atoms. The molecule has 0 spiro atoms. The molecule has 0 saturated carbocycles. The van der Waals surface area contributed by atoms with Crippen molar-refractivity contribution in [3.63, 3.8) is 0 Å². The van der Waals surface area contributed by atoms with Gasteiger partial charge in [-0.25, -0.2) is 0 Å². The van der Waals surface area contributed by atoms with Gasteiger partial charge in [0.2, 0.25) is 0 Å². The van der Waals surface area contributed by atoms with E-state index in [9.17, 15) is 0 Å². The highest BCUT2D eigenvalue weighted by atomic mass is 79.9. The normalized spacial score (nSPS) is 11.4. The van der Waals surface area contributed by atoms with E-state index in [1.54, 1.807) is 10.4 Å². The van der Waals surface area contributed by atoms with Crippen LogP contribution in [0.25, 0.3) is 0 Å². The van der Waals surface area contributed by atoms with Crippen LogP contribution >= 0.6 is 43.6 Å². The molecule has 0 aliphatic heterocycles. The summed E-state index contributed by atoms with van der Waals surface area (Å²) in [7, 11) is 0. The maximum Gasteiger partial charge on any atom is 0.0614 e. The highest BCUT2D eigenvalue weighted by Gasteiger charge is 1.80. The van der Waals surface area contributed by atoms with Crippen molar-refractivity contribution in [3.05, 3.63) is 20.8 Å². The van der Waals surface area contributed by atoms with Crippen LogP contribution in [0, 0.1) is 0 Å². The molecule has 0 radical (unpaired) electrons. The van der Waals surface area contributed by atoms with Gasteiger partial charge in [-0.15, -0.1) is 0 Å². The molecule has 0 amide bonds. The Morgan fingerprint density at radius 3 is 2.43 bits per heavy atom. The van der Waals surface area contributed by atoms with Crippen LogP contribution in [0.4, 0.5) is 0 Å². The summed E-state index contributed by atoms with van der Waals surface area (Å²) >= 11 is 7.91. The van der Waals surface area contributed by atoms with E-state index in [1.165, 1.54) is 11.8 Å². The predicted molar refractivity (Wildman–Crippen MR) is 43.7 cm³/mol. The van der Waals surface area contributed by atoms with Crippen molar-refractivity contribution >= 4 is 43.6 Å². The van der Waals surface area contributed by atoms with E-state index in [1.807, 2.05) is 0 Å². The Morgan fingerprint density at radius 1 is 1.71 bits per heavy atom. The molecule has 3 heteroatoms. The van der Waals surface area contributed by atoms with Crippen LogP contribution in [0.2, 0.25) is 0 Å². The number of halogens is 2. The predicted octanol–water partition coefficient (Wildman–Crippen LogP) is 3.45. The molecule has 0 unspecified atom stereocenters. The highest BCUT2D eigenvalue weighted by molar-refractivity contribution is 9.15. The Labute approximate surface area is 64.3 Å². The van der Waals surface area contributed by atoms with Crippen LogP contribution in [0.15, 0.2) is 20.8 Å². The Kier molecular flexibility index (Phi) is 5.49. The molecule has 0 aromatic carbocycles. The second-order valence-electron chi connectivity index (χ2n) is 0.698. The highest BCUT2D eigenvalue weighted by Crippen LogP contribution is 2.23. The fraction of sp³-hybridized carbons (Fsp3) is 0. The van der Waals surface area contributed by atoms with Gasteiger partial charge in [0.25, 0.3) is 0 Å². The maximum atomic E-state index is 3.52. The second kappa shape index (κ2) is 4.94. The van der Waals surface area contributed by atoms with E-state index in [4.69, 9.17) is 0 Å². The molecule has 0 fully saturated rings. The third-order valence-electron chi connectivity index (χ3n) is 0.282. The number of hydrogen-bond donors (Lipinski definition) is 0. The molecule has 0 saturated heterocycles. The van der Waals surface area contributed by atoms with Crippen LogP contribution in [0.5, 0.6) is 0 Å². The summed E-state index contributed by atoms with van der Waals surface area (Å²) in [5.74, 6) is 0. The summed E-state index contributed by atoms with van der Waals surface area (Å²) < 4.78 is 1.03. The van der Waals surface area contributed by atoms with Crippen molar-refractivity contribution in [2.75, 3.05) is 0 Å². The van der Waals surface area contributed by atoms with Gasteiger partial charge in [0.15, 0.2) is 0 Å². The third-order valence-corrected chi connectivity index (χ3v) is 2.96. The van der Waals surface area contributed by atoms with Gasteiger partial charge in [-0.1, -0.05) is 34.3 Å². The molecule has 0 heterocycles. The van der Waals surface area contributed by atoms with E-state index in [-0.39, 0.29) is 0 Å². The van der Waals surface area contributed by atoms with Gasteiger partial charge in [0.05, 0.1) is 3.81 Å². The lowest BCUT2D eigenvalue weighted by atomic mass is 11.2. The Bertz CT molecular complexity index is 87.7. The first kappa shape index (κ1) is 7.79. The van der Waals surface area contributed by atoms with Gasteiger partial charge in [-0.05, 0) is 21.3 Å². The SMILES string of the molecule is C=CS/C(Br)=C/Br. The smallest absolute Gasteiger partial charge is 0.0614 e. The van der Waals surface area contributed by atoms with E-state index < -0.39 is 0 Å². The lowest BCUT2D eigenvalue weighted by Crippen LogP contribution is -1.45. The van der Waals surface area contributed by atoms with E-state index in [0.29, 0.717) is 0 Å². The monoisotopic (exact) mass is 242 g/mol. The van der Waals surface area contributed by atoms with Gasteiger partial charge >= 0.3 is 0 Å². The zero-order chi connectivity index (χ0) is 5.70. The summed E-state index contributed by atoms with van der Waals surface area (Å²) in [6.45, 7) is 3.52. The minimum absolute atomic E-state index is 1.03. The maximum absolute atomic E-state index is 3.52. The summed E-state index contributed by atoms with van der Waals surface area (Å²) in [6, 6.07) is 0. The molecule has 0 aliphatic carbocycles. The quantitative estimate of drug-likeness (QED) is 0.716. The lowest BCUT2D eigenvalue weighted by molar-refractivity contribution is 2.48. The van der Waals surface area contributed by atoms with E-state index in [2.05, 4.69) is 38.4 Å². The molecule has 0 aromatic heterocycles. The average Bonchev–Trinajstić information content (AvgIpc) is 1.68. The van der Waals surface area contributed by atoms with Crippen molar-refractivity contribution in [2.24, 2.45) is 0 Å². The summed E-state index contributed by atoms with van der Waals surface area (Å²) in [6.07, 6.45) is 0. The molecule has 40 valence electrons. The third kappa shape index (κ3) is 4.65. The van der Waals surface area contributed by atoms with E-state index in [0.717, 1.165) is 3.81 Å². The summed E-state index contributed by atoms with van der Waals surface area (Å²) in [4.78, 5) is 1.79.